The number of carbonyl (C=O) groups excluding carboxylic acids is 1. The summed E-state index contributed by atoms with van der Waals surface area (Å²) in [5.41, 5.74) is 8.01. The van der Waals surface area contributed by atoms with E-state index in [0.717, 1.165) is 39.8 Å². The van der Waals surface area contributed by atoms with Crippen LogP contribution in [0.25, 0.3) is 11.1 Å². The molecular weight excluding hydrogens is 392 g/mol. The summed E-state index contributed by atoms with van der Waals surface area (Å²) >= 11 is 0. The van der Waals surface area contributed by atoms with Crippen molar-refractivity contribution in [1.29, 1.82) is 0 Å². The lowest BCUT2D eigenvalue weighted by molar-refractivity contribution is 0.0600. The predicted molar refractivity (Wildman–Crippen MR) is 131 cm³/mol. The van der Waals surface area contributed by atoms with Gasteiger partial charge in [0, 0.05) is 11.1 Å². The maximum atomic E-state index is 11.7. The smallest absolute Gasteiger partial charge is 0.337 e. The van der Waals surface area contributed by atoms with Crippen LogP contribution in [0.15, 0.2) is 85.5 Å². The fourth-order valence-corrected chi connectivity index (χ4v) is 3.99. The van der Waals surface area contributed by atoms with Gasteiger partial charge in [-0.3, -0.25) is 0 Å². The largest absolute Gasteiger partial charge is 0.465 e. The van der Waals surface area contributed by atoms with Crippen LogP contribution in [0.5, 0.6) is 0 Å². The third kappa shape index (κ3) is 4.29. The molecule has 0 unspecified atom stereocenters. The second kappa shape index (κ2) is 8.73. The molecule has 0 aliphatic heterocycles. The summed E-state index contributed by atoms with van der Waals surface area (Å²) in [6.45, 7) is 8.86. The molecule has 0 radical (unpaired) electrons. The first-order valence-corrected chi connectivity index (χ1v) is 10.7. The van der Waals surface area contributed by atoms with Gasteiger partial charge >= 0.3 is 5.97 Å². The molecule has 0 atom stereocenters. The Morgan fingerprint density at radius 1 is 0.906 bits per heavy atom. The molecule has 0 amide bonds. The van der Waals surface area contributed by atoms with Crippen molar-refractivity contribution < 1.29 is 9.53 Å². The SMILES string of the molecule is C=C(c1ccc(C(=O)OC)cc1)c1ccc2c(c1)C(C#Cc1ccccc1)=CCC2(C)C. The molecule has 0 bridgehead atoms. The molecule has 158 valence electrons. The van der Waals surface area contributed by atoms with Crippen molar-refractivity contribution in [2.75, 3.05) is 7.11 Å². The molecule has 32 heavy (non-hydrogen) atoms. The quantitative estimate of drug-likeness (QED) is 0.351. The fourth-order valence-electron chi connectivity index (χ4n) is 3.99. The standard InChI is InChI=1S/C30H26O2/c1-21(23-12-14-25(15-13-23)29(31)32-4)26-16-17-28-27(20-26)24(18-19-30(28,2)3)11-10-22-8-6-5-7-9-22/h5-9,12-18,20H,1,19H2,2-4H3. The minimum Gasteiger partial charge on any atom is -0.465 e. The first-order valence-electron chi connectivity index (χ1n) is 10.7. The van der Waals surface area contributed by atoms with Crippen LogP contribution < -0.4 is 0 Å². The highest BCUT2D eigenvalue weighted by atomic mass is 16.5. The van der Waals surface area contributed by atoms with Crippen molar-refractivity contribution in [1.82, 2.24) is 0 Å². The monoisotopic (exact) mass is 418 g/mol. The van der Waals surface area contributed by atoms with Gasteiger partial charge in [-0.25, -0.2) is 4.79 Å². The van der Waals surface area contributed by atoms with Crippen molar-refractivity contribution in [3.8, 4) is 11.8 Å². The van der Waals surface area contributed by atoms with Crippen molar-refractivity contribution in [3.05, 3.63) is 119 Å². The van der Waals surface area contributed by atoms with E-state index in [9.17, 15) is 4.79 Å². The van der Waals surface area contributed by atoms with E-state index in [1.165, 1.54) is 12.7 Å². The van der Waals surface area contributed by atoms with Crippen molar-refractivity contribution >= 4 is 17.1 Å². The normalized spacial score (nSPS) is 13.8. The predicted octanol–water partition coefficient (Wildman–Crippen LogP) is 6.65. The Balaban J connectivity index is 1.70. The third-order valence-corrected chi connectivity index (χ3v) is 5.97. The topological polar surface area (TPSA) is 26.3 Å². The van der Waals surface area contributed by atoms with Crippen molar-refractivity contribution in [2.45, 2.75) is 25.7 Å². The molecule has 3 aromatic rings. The molecule has 2 nitrogen and oxygen atoms in total. The number of fused-ring (bicyclic) bond motifs is 1. The molecule has 0 heterocycles. The number of allylic oxidation sites excluding steroid dienone is 2. The molecule has 1 aliphatic carbocycles. The zero-order chi connectivity index (χ0) is 22.7. The highest BCUT2D eigenvalue weighted by molar-refractivity contribution is 5.91. The van der Waals surface area contributed by atoms with Gasteiger partial charge < -0.3 is 4.74 Å². The summed E-state index contributed by atoms with van der Waals surface area (Å²) < 4.78 is 4.79. The van der Waals surface area contributed by atoms with E-state index in [1.54, 1.807) is 12.1 Å². The number of methoxy groups -OCH3 is 1. The van der Waals surface area contributed by atoms with E-state index >= 15 is 0 Å². The molecule has 3 aromatic carbocycles. The van der Waals surface area contributed by atoms with E-state index < -0.39 is 0 Å². The lowest BCUT2D eigenvalue weighted by Crippen LogP contribution is -2.21. The average Bonchev–Trinajstić information content (AvgIpc) is 2.83. The van der Waals surface area contributed by atoms with Crippen molar-refractivity contribution in [3.63, 3.8) is 0 Å². The molecule has 0 fully saturated rings. The first kappa shape index (κ1) is 21.4. The van der Waals surface area contributed by atoms with E-state index in [1.807, 2.05) is 42.5 Å². The van der Waals surface area contributed by atoms with Crippen LogP contribution in [0.3, 0.4) is 0 Å². The van der Waals surface area contributed by atoms with Gasteiger partial charge in [-0.1, -0.05) is 80.8 Å². The molecule has 0 N–H and O–H groups in total. The van der Waals surface area contributed by atoms with E-state index in [0.29, 0.717) is 5.56 Å². The Labute approximate surface area is 190 Å². The molecular formula is C30H26O2. The lowest BCUT2D eigenvalue weighted by Gasteiger charge is -2.31. The van der Waals surface area contributed by atoms with Crippen LogP contribution in [0.2, 0.25) is 0 Å². The summed E-state index contributed by atoms with van der Waals surface area (Å²) in [4.78, 5) is 11.7. The number of rotatable bonds is 3. The minimum atomic E-state index is -0.343. The number of hydrogen-bond acceptors (Lipinski definition) is 2. The van der Waals surface area contributed by atoms with Crippen molar-refractivity contribution in [2.24, 2.45) is 0 Å². The fraction of sp³-hybridized carbons (Fsp3) is 0.167. The second-order valence-corrected chi connectivity index (χ2v) is 8.63. The Kier molecular flexibility index (Phi) is 5.84. The number of benzene rings is 3. The molecule has 4 rings (SSSR count). The van der Waals surface area contributed by atoms with Crippen LogP contribution in [-0.2, 0) is 10.2 Å². The Morgan fingerprint density at radius 3 is 2.25 bits per heavy atom. The summed E-state index contributed by atoms with van der Waals surface area (Å²) in [5, 5.41) is 0. The van der Waals surface area contributed by atoms with Gasteiger partial charge in [0.1, 0.15) is 0 Å². The average molecular weight is 419 g/mol. The molecule has 2 heteroatoms. The molecule has 1 aliphatic rings. The Morgan fingerprint density at radius 2 is 1.56 bits per heavy atom. The van der Waals surface area contributed by atoms with Gasteiger partial charge in [-0.05, 0) is 70.0 Å². The third-order valence-electron chi connectivity index (χ3n) is 5.97. The number of esters is 1. The highest BCUT2D eigenvalue weighted by Crippen LogP contribution is 2.40. The molecule has 0 saturated heterocycles. The summed E-state index contributed by atoms with van der Waals surface area (Å²) in [6, 6.07) is 23.9. The van der Waals surface area contributed by atoms with Crippen LogP contribution in [0.1, 0.15) is 58.4 Å². The van der Waals surface area contributed by atoms with E-state index in [2.05, 4.69) is 56.5 Å². The minimum absolute atomic E-state index is 0.0509. The Hall–Kier alpha value is -3.83. The van der Waals surface area contributed by atoms with Gasteiger partial charge in [-0.2, -0.15) is 0 Å². The Bertz CT molecular complexity index is 1260. The number of ether oxygens (including phenoxy) is 1. The molecule has 0 saturated carbocycles. The molecule has 0 aromatic heterocycles. The summed E-state index contributed by atoms with van der Waals surface area (Å²) in [5.74, 6) is 6.35. The van der Waals surface area contributed by atoms with Crippen LogP contribution in [0, 0.1) is 11.8 Å². The highest BCUT2D eigenvalue weighted by Gasteiger charge is 2.28. The summed E-state index contributed by atoms with van der Waals surface area (Å²) in [6.07, 6.45) is 3.20. The van der Waals surface area contributed by atoms with Gasteiger partial charge in [-0.15, -0.1) is 0 Å². The van der Waals surface area contributed by atoms with E-state index in [-0.39, 0.29) is 11.4 Å². The van der Waals surface area contributed by atoms with Gasteiger partial charge in [0.15, 0.2) is 0 Å². The van der Waals surface area contributed by atoms with Crippen LogP contribution in [-0.4, -0.2) is 13.1 Å². The molecule has 0 spiro atoms. The maximum absolute atomic E-state index is 11.7. The zero-order valence-electron chi connectivity index (χ0n) is 18.7. The van der Waals surface area contributed by atoms with Gasteiger partial charge in [0.25, 0.3) is 0 Å². The van der Waals surface area contributed by atoms with Gasteiger partial charge in [0.05, 0.1) is 12.7 Å². The number of hydrogen-bond donors (Lipinski definition) is 0. The van der Waals surface area contributed by atoms with Crippen LogP contribution >= 0.6 is 0 Å². The number of carbonyl (C=O) groups is 1. The summed E-state index contributed by atoms with van der Waals surface area (Å²) in [7, 11) is 1.38. The zero-order valence-corrected chi connectivity index (χ0v) is 18.7. The lowest BCUT2D eigenvalue weighted by atomic mass is 9.72. The van der Waals surface area contributed by atoms with E-state index in [4.69, 9.17) is 4.74 Å². The first-order chi connectivity index (χ1) is 15.4. The maximum Gasteiger partial charge on any atom is 0.337 e. The van der Waals surface area contributed by atoms with Gasteiger partial charge in [0.2, 0.25) is 0 Å². The van der Waals surface area contributed by atoms with Crippen LogP contribution in [0.4, 0.5) is 0 Å². The second-order valence-electron chi connectivity index (χ2n) is 8.63.